The predicted octanol–water partition coefficient (Wildman–Crippen LogP) is 6.12. The van der Waals surface area contributed by atoms with Gasteiger partial charge in [-0.25, -0.2) is 4.98 Å². The van der Waals surface area contributed by atoms with Crippen molar-refractivity contribution in [2.75, 3.05) is 0 Å². The van der Waals surface area contributed by atoms with Gasteiger partial charge in [0.25, 0.3) is 0 Å². The van der Waals surface area contributed by atoms with Crippen LogP contribution < -0.4 is 0 Å². The summed E-state index contributed by atoms with van der Waals surface area (Å²) in [6.45, 7) is 8.68. The van der Waals surface area contributed by atoms with Crippen LogP contribution in [0.5, 0.6) is 11.5 Å². The highest BCUT2D eigenvalue weighted by molar-refractivity contribution is 7.98. The van der Waals surface area contributed by atoms with Crippen molar-refractivity contribution in [1.82, 2.24) is 4.98 Å². The Bertz CT molecular complexity index is 909. The van der Waals surface area contributed by atoms with E-state index in [9.17, 15) is 10.2 Å². The van der Waals surface area contributed by atoms with Gasteiger partial charge in [-0.3, -0.25) is 0 Å². The molecule has 136 valence electrons. The molecule has 0 saturated carbocycles. The Morgan fingerprint density at radius 1 is 1.00 bits per heavy atom. The Morgan fingerprint density at radius 3 is 2.31 bits per heavy atom. The minimum absolute atomic E-state index is 0.0874. The third-order valence-electron chi connectivity index (χ3n) is 4.21. The van der Waals surface area contributed by atoms with Crippen LogP contribution in [0, 0.1) is 6.92 Å². The van der Waals surface area contributed by atoms with Crippen LogP contribution in [0.4, 0.5) is 0 Å². The van der Waals surface area contributed by atoms with E-state index in [1.54, 1.807) is 29.2 Å². The van der Waals surface area contributed by atoms with Gasteiger partial charge in [-0.1, -0.05) is 45.0 Å². The number of rotatable bonds is 4. The van der Waals surface area contributed by atoms with Crippen molar-refractivity contribution in [2.45, 2.75) is 43.8 Å². The maximum atomic E-state index is 9.61. The molecular weight excluding hydrogens is 362 g/mol. The van der Waals surface area contributed by atoms with Crippen molar-refractivity contribution < 1.29 is 10.2 Å². The normalized spacial score (nSPS) is 11.7. The molecule has 0 radical (unpaired) electrons. The van der Waals surface area contributed by atoms with Crippen molar-refractivity contribution in [3.8, 4) is 22.1 Å². The van der Waals surface area contributed by atoms with Crippen LogP contribution in [0.15, 0.2) is 47.4 Å². The van der Waals surface area contributed by atoms with Crippen LogP contribution in [0.2, 0.25) is 0 Å². The summed E-state index contributed by atoms with van der Waals surface area (Å²) in [5.74, 6) is 0.605. The number of thioether (sulfide) groups is 1. The molecule has 0 spiro atoms. The molecule has 0 bridgehead atoms. The zero-order valence-corrected chi connectivity index (χ0v) is 17.0. The van der Waals surface area contributed by atoms with Gasteiger partial charge in [0.15, 0.2) is 11.5 Å². The molecule has 0 atom stereocenters. The van der Waals surface area contributed by atoms with Gasteiger partial charge < -0.3 is 10.2 Å². The summed E-state index contributed by atoms with van der Waals surface area (Å²) in [5.41, 5.74) is 3.65. The molecule has 3 rings (SSSR count). The molecule has 26 heavy (non-hydrogen) atoms. The molecular formula is C21H23NO2S2. The molecule has 2 aromatic carbocycles. The van der Waals surface area contributed by atoms with E-state index >= 15 is 0 Å². The minimum atomic E-state index is -0.0932. The number of aryl methyl sites for hydroxylation is 1. The van der Waals surface area contributed by atoms with E-state index in [1.807, 2.05) is 13.0 Å². The second-order valence-electron chi connectivity index (χ2n) is 7.29. The number of thiazole rings is 1. The maximum Gasteiger partial charge on any atom is 0.158 e. The molecule has 1 heterocycles. The number of aromatic nitrogens is 1. The van der Waals surface area contributed by atoms with E-state index in [0.29, 0.717) is 0 Å². The summed E-state index contributed by atoms with van der Waals surface area (Å²) in [6.07, 6.45) is 0. The van der Waals surface area contributed by atoms with E-state index in [1.165, 1.54) is 16.5 Å². The van der Waals surface area contributed by atoms with Crippen LogP contribution in [-0.4, -0.2) is 15.2 Å². The summed E-state index contributed by atoms with van der Waals surface area (Å²) >= 11 is 3.33. The number of hydrogen-bond donors (Lipinski definition) is 2. The van der Waals surface area contributed by atoms with E-state index in [0.717, 1.165) is 26.9 Å². The second kappa shape index (κ2) is 7.33. The Kier molecular flexibility index (Phi) is 5.30. The van der Waals surface area contributed by atoms with E-state index in [2.05, 4.69) is 45.0 Å². The molecule has 0 aliphatic rings. The number of phenolic OH excluding ortho intramolecular Hbond substituents is 2. The van der Waals surface area contributed by atoms with Gasteiger partial charge in [-0.2, -0.15) is 0 Å². The highest BCUT2D eigenvalue weighted by atomic mass is 32.2. The molecule has 0 aliphatic heterocycles. The summed E-state index contributed by atoms with van der Waals surface area (Å²) in [7, 11) is 0. The van der Waals surface area contributed by atoms with Gasteiger partial charge in [0, 0.05) is 21.1 Å². The highest BCUT2D eigenvalue weighted by Gasteiger charge is 2.15. The summed E-state index contributed by atoms with van der Waals surface area (Å²) in [5, 5.41) is 20.1. The SMILES string of the molecule is Cc1nc(-c2ccc(C(C)(C)C)cc2)sc1CSc1ccc(O)c(O)c1. The fraction of sp³-hybridized carbons (Fsp3) is 0.286. The molecule has 0 amide bonds. The van der Waals surface area contributed by atoms with Crippen molar-refractivity contribution in [3.63, 3.8) is 0 Å². The van der Waals surface area contributed by atoms with Crippen molar-refractivity contribution in [2.24, 2.45) is 0 Å². The number of phenols is 2. The van der Waals surface area contributed by atoms with Crippen LogP contribution in [-0.2, 0) is 11.2 Å². The van der Waals surface area contributed by atoms with Crippen LogP contribution >= 0.6 is 23.1 Å². The average Bonchev–Trinajstić information content (AvgIpc) is 2.96. The first-order valence-electron chi connectivity index (χ1n) is 8.46. The lowest BCUT2D eigenvalue weighted by Gasteiger charge is -2.18. The molecule has 0 saturated heterocycles. The van der Waals surface area contributed by atoms with Crippen molar-refractivity contribution in [3.05, 3.63) is 58.6 Å². The summed E-state index contributed by atoms with van der Waals surface area (Å²) < 4.78 is 0. The first-order valence-corrected chi connectivity index (χ1v) is 10.3. The summed E-state index contributed by atoms with van der Waals surface area (Å²) in [6, 6.07) is 13.6. The highest BCUT2D eigenvalue weighted by Crippen LogP contribution is 2.35. The lowest BCUT2D eigenvalue weighted by Crippen LogP contribution is -2.10. The molecule has 2 N–H and O–H groups in total. The molecule has 0 aliphatic carbocycles. The Hall–Kier alpha value is -1.98. The van der Waals surface area contributed by atoms with E-state index in [-0.39, 0.29) is 16.9 Å². The van der Waals surface area contributed by atoms with Gasteiger partial charge in [-0.15, -0.1) is 23.1 Å². The average molecular weight is 386 g/mol. The monoisotopic (exact) mass is 385 g/mol. The first-order chi connectivity index (χ1) is 12.2. The quantitative estimate of drug-likeness (QED) is 0.420. The second-order valence-corrected chi connectivity index (χ2v) is 9.43. The number of nitrogens with zero attached hydrogens (tertiary/aromatic N) is 1. The van der Waals surface area contributed by atoms with Crippen molar-refractivity contribution >= 4 is 23.1 Å². The third kappa shape index (κ3) is 4.22. The van der Waals surface area contributed by atoms with E-state index < -0.39 is 0 Å². The lowest BCUT2D eigenvalue weighted by atomic mass is 9.87. The molecule has 3 aromatic rings. The topological polar surface area (TPSA) is 53.4 Å². The molecule has 3 nitrogen and oxygen atoms in total. The molecule has 0 unspecified atom stereocenters. The Labute approximate surface area is 162 Å². The smallest absolute Gasteiger partial charge is 0.158 e. The van der Waals surface area contributed by atoms with Gasteiger partial charge in [0.2, 0.25) is 0 Å². The largest absolute Gasteiger partial charge is 0.504 e. The maximum absolute atomic E-state index is 9.61. The van der Waals surface area contributed by atoms with Gasteiger partial charge in [0.1, 0.15) is 5.01 Å². The Balaban J connectivity index is 1.75. The standard InChI is InChI=1S/C21H23NO2S2/c1-13-19(12-25-16-9-10-17(23)18(24)11-16)26-20(22-13)14-5-7-15(8-6-14)21(2,3)4/h5-11,23-24H,12H2,1-4H3. The molecule has 5 heteroatoms. The lowest BCUT2D eigenvalue weighted by molar-refractivity contribution is 0.402. The minimum Gasteiger partial charge on any atom is -0.504 e. The first kappa shape index (κ1) is 18.8. The fourth-order valence-corrected chi connectivity index (χ4v) is 4.68. The number of aromatic hydroxyl groups is 2. The van der Waals surface area contributed by atoms with Crippen LogP contribution in [0.3, 0.4) is 0 Å². The fourth-order valence-electron chi connectivity index (χ4n) is 2.54. The summed E-state index contributed by atoms with van der Waals surface area (Å²) in [4.78, 5) is 6.87. The van der Waals surface area contributed by atoms with Crippen LogP contribution in [0.1, 0.15) is 36.9 Å². The van der Waals surface area contributed by atoms with Crippen LogP contribution in [0.25, 0.3) is 10.6 Å². The third-order valence-corrected chi connectivity index (χ3v) is 6.62. The van der Waals surface area contributed by atoms with E-state index in [4.69, 9.17) is 4.98 Å². The Morgan fingerprint density at radius 2 is 1.69 bits per heavy atom. The molecule has 1 aromatic heterocycles. The van der Waals surface area contributed by atoms with Crippen molar-refractivity contribution in [1.29, 1.82) is 0 Å². The number of benzene rings is 2. The zero-order chi connectivity index (χ0) is 18.9. The van der Waals surface area contributed by atoms with Gasteiger partial charge >= 0.3 is 0 Å². The predicted molar refractivity (Wildman–Crippen MR) is 110 cm³/mol. The van der Waals surface area contributed by atoms with Gasteiger partial charge in [0.05, 0.1) is 5.69 Å². The molecule has 0 fully saturated rings. The van der Waals surface area contributed by atoms with Gasteiger partial charge in [-0.05, 0) is 36.1 Å². The number of hydrogen-bond acceptors (Lipinski definition) is 5. The zero-order valence-electron chi connectivity index (χ0n) is 15.4.